The summed E-state index contributed by atoms with van der Waals surface area (Å²) in [6.07, 6.45) is -3.49. The molecule has 0 saturated heterocycles. The van der Waals surface area contributed by atoms with Gasteiger partial charge in [0.25, 0.3) is 5.91 Å². The summed E-state index contributed by atoms with van der Waals surface area (Å²) in [5.41, 5.74) is 3.38. The van der Waals surface area contributed by atoms with Gasteiger partial charge in [0.15, 0.2) is 0 Å². The average Bonchev–Trinajstić information content (AvgIpc) is 3.28. The van der Waals surface area contributed by atoms with Crippen molar-refractivity contribution in [3.8, 4) is 0 Å². The molecule has 36 heavy (non-hydrogen) atoms. The molecule has 1 saturated carbocycles. The number of pyridine rings is 2. The third-order valence-corrected chi connectivity index (χ3v) is 6.23. The second-order valence-corrected chi connectivity index (χ2v) is 8.61. The minimum atomic E-state index is -4.56. The van der Waals surface area contributed by atoms with Crippen LogP contribution in [0.2, 0.25) is 0 Å². The molecule has 0 aliphatic heterocycles. The first kappa shape index (κ1) is 25.7. The molecular formula is C24H24F5N5O2. The number of nitrogen functional groups attached to an aromatic ring is 1. The molecule has 1 fully saturated rings. The summed E-state index contributed by atoms with van der Waals surface area (Å²) in [4.78, 5) is 23.3. The van der Waals surface area contributed by atoms with Crippen molar-refractivity contribution in [1.82, 2.24) is 14.9 Å². The minimum Gasteiger partial charge on any atom is -0.327 e. The van der Waals surface area contributed by atoms with E-state index in [-0.39, 0.29) is 17.8 Å². The average molecular weight is 509 g/mol. The largest absolute Gasteiger partial charge is 0.417 e. The summed E-state index contributed by atoms with van der Waals surface area (Å²) in [6.45, 7) is -1.39. The lowest BCUT2D eigenvalue weighted by molar-refractivity contribution is -0.172. The summed E-state index contributed by atoms with van der Waals surface area (Å²) in [6, 6.07) is 7.97. The van der Waals surface area contributed by atoms with Crippen LogP contribution in [-0.4, -0.2) is 39.5 Å². The number of aryl methyl sites for hydroxylation is 1. The smallest absolute Gasteiger partial charge is 0.327 e. The number of carbonyl (C=O) groups is 1. The fourth-order valence-electron chi connectivity index (χ4n) is 4.48. The first-order valence-corrected chi connectivity index (χ1v) is 11.2. The number of hydrogen-bond donors (Lipinski definition) is 2. The molecule has 0 unspecified atom stereocenters. The maximum absolute atomic E-state index is 13.7. The van der Waals surface area contributed by atoms with Crippen LogP contribution >= 0.6 is 0 Å². The lowest BCUT2D eigenvalue weighted by Crippen LogP contribution is -2.45. The molecule has 2 aromatic heterocycles. The number of hydrazine groups is 1. The highest BCUT2D eigenvalue weighted by atomic mass is 19.4. The number of anilines is 1. The molecule has 192 valence electrons. The first-order chi connectivity index (χ1) is 17.1. The van der Waals surface area contributed by atoms with Gasteiger partial charge in [0.05, 0.1) is 35.5 Å². The predicted molar refractivity (Wildman–Crippen MR) is 122 cm³/mol. The highest BCUT2D eigenvalue weighted by Gasteiger charge is 2.38. The maximum Gasteiger partial charge on any atom is 0.417 e. The predicted octanol–water partition coefficient (Wildman–Crippen LogP) is 5.05. The summed E-state index contributed by atoms with van der Waals surface area (Å²) >= 11 is 0. The van der Waals surface area contributed by atoms with Crippen LogP contribution in [0.1, 0.15) is 46.4 Å². The topological polar surface area (TPSA) is 93.4 Å². The number of ether oxygens (including phenoxy) is 1. The standard InChI is InChI=1S/C24H24F5N5O2/c1-13-9-15-10-14(5-8-18(15)32-21(13)33-30)22(35)34(19-3-2-4-20(19)36-23(25)26)12-17-7-6-16(11-31-17)24(27,28)29/h5-11,19-20,23H,2-4,12,30H2,1H3,(H,32,33)/t19-,20-/m1/s1. The molecule has 1 aliphatic carbocycles. The molecule has 1 aliphatic rings. The Morgan fingerprint density at radius 2 is 2.00 bits per heavy atom. The van der Waals surface area contributed by atoms with Crippen LogP contribution in [0.25, 0.3) is 10.9 Å². The number of nitrogens with one attached hydrogen (secondary N) is 1. The van der Waals surface area contributed by atoms with Gasteiger partial charge < -0.3 is 15.1 Å². The zero-order chi connectivity index (χ0) is 26.0. The van der Waals surface area contributed by atoms with Crippen LogP contribution in [0, 0.1) is 6.92 Å². The fourth-order valence-corrected chi connectivity index (χ4v) is 4.48. The lowest BCUT2D eigenvalue weighted by atomic mass is 10.1. The van der Waals surface area contributed by atoms with E-state index >= 15 is 0 Å². The van der Waals surface area contributed by atoms with E-state index in [1.54, 1.807) is 31.2 Å². The van der Waals surface area contributed by atoms with Gasteiger partial charge in [-0.1, -0.05) is 0 Å². The molecule has 12 heteroatoms. The maximum atomic E-state index is 13.7. The normalized spacial score (nSPS) is 18.1. The van der Waals surface area contributed by atoms with E-state index in [4.69, 9.17) is 10.6 Å². The summed E-state index contributed by atoms with van der Waals surface area (Å²) in [5.74, 6) is 5.48. The van der Waals surface area contributed by atoms with Crippen LogP contribution in [0.3, 0.4) is 0 Å². The van der Waals surface area contributed by atoms with Crippen molar-refractivity contribution in [3.63, 3.8) is 0 Å². The minimum absolute atomic E-state index is 0.171. The molecule has 4 rings (SSSR count). The molecule has 0 bridgehead atoms. The van der Waals surface area contributed by atoms with Crippen LogP contribution in [0.15, 0.2) is 42.6 Å². The van der Waals surface area contributed by atoms with Crippen molar-refractivity contribution in [3.05, 3.63) is 65.0 Å². The van der Waals surface area contributed by atoms with E-state index < -0.39 is 36.4 Å². The fraction of sp³-hybridized carbons (Fsp3) is 0.375. The van der Waals surface area contributed by atoms with Crippen LogP contribution < -0.4 is 11.3 Å². The number of carbonyl (C=O) groups excluding carboxylic acids is 1. The van der Waals surface area contributed by atoms with Gasteiger partial charge in [-0.3, -0.25) is 9.78 Å². The Morgan fingerprint density at radius 3 is 2.64 bits per heavy atom. The van der Waals surface area contributed by atoms with Gasteiger partial charge in [-0.2, -0.15) is 22.0 Å². The third kappa shape index (κ3) is 5.54. The Morgan fingerprint density at radius 1 is 1.22 bits per heavy atom. The summed E-state index contributed by atoms with van der Waals surface area (Å²) in [5, 5.41) is 0.664. The number of halogens is 5. The molecule has 0 radical (unpaired) electrons. The van der Waals surface area contributed by atoms with Gasteiger partial charge in [0, 0.05) is 17.1 Å². The number of benzene rings is 1. The number of nitrogens with two attached hydrogens (primary N) is 1. The monoisotopic (exact) mass is 509 g/mol. The number of nitrogens with zero attached hydrogens (tertiary/aromatic N) is 3. The van der Waals surface area contributed by atoms with E-state index in [0.717, 1.165) is 11.6 Å². The van der Waals surface area contributed by atoms with E-state index in [9.17, 15) is 26.7 Å². The highest BCUT2D eigenvalue weighted by Crippen LogP contribution is 2.32. The summed E-state index contributed by atoms with van der Waals surface area (Å²) in [7, 11) is 0. The molecule has 3 N–H and O–H groups in total. The Labute approximate surface area is 203 Å². The zero-order valence-corrected chi connectivity index (χ0v) is 19.2. The van der Waals surface area contributed by atoms with Crippen LogP contribution in [0.4, 0.5) is 27.8 Å². The van der Waals surface area contributed by atoms with Gasteiger partial charge in [0.2, 0.25) is 0 Å². The molecule has 2 heterocycles. The van der Waals surface area contributed by atoms with Gasteiger partial charge in [-0.15, -0.1) is 0 Å². The van der Waals surface area contributed by atoms with Gasteiger partial charge in [0.1, 0.15) is 5.82 Å². The third-order valence-electron chi connectivity index (χ3n) is 6.23. The summed E-state index contributed by atoms with van der Waals surface area (Å²) < 4.78 is 69.7. The number of aromatic nitrogens is 2. The van der Waals surface area contributed by atoms with Gasteiger partial charge in [-0.05, 0) is 68.1 Å². The van der Waals surface area contributed by atoms with Crippen molar-refractivity contribution >= 4 is 22.6 Å². The Bertz CT molecular complexity index is 1240. The second-order valence-electron chi connectivity index (χ2n) is 8.61. The Hall–Kier alpha value is -3.38. The van der Waals surface area contributed by atoms with Crippen LogP contribution in [-0.2, 0) is 17.5 Å². The van der Waals surface area contributed by atoms with Crippen molar-refractivity contribution in [2.45, 2.75) is 57.7 Å². The number of fused-ring (bicyclic) bond motifs is 1. The number of alkyl halides is 5. The first-order valence-electron chi connectivity index (χ1n) is 11.2. The van der Waals surface area contributed by atoms with Crippen molar-refractivity contribution < 1.29 is 31.5 Å². The molecule has 1 aromatic carbocycles. The number of rotatable bonds is 7. The molecular weight excluding hydrogens is 485 g/mol. The highest BCUT2D eigenvalue weighted by molar-refractivity contribution is 5.98. The number of hydrogen-bond acceptors (Lipinski definition) is 6. The van der Waals surface area contributed by atoms with E-state index in [1.807, 2.05) is 0 Å². The molecule has 3 aromatic rings. The molecule has 1 amide bonds. The molecule has 0 spiro atoms. The Kier molecular flexibility index (Phi) is 7.36. The van der Waals surface area contributed by atoms with Crippen molar-refractivity contribution in [2.75, 3.05) is 5.43 Å². The van der Waals surface area contributed by atoms with Gasteiger partial charge in [-0.25, -0.2) is 10.8 Å². The van der Waals surface area contributed by atoms with Crippen molar-refractivity contribution in [1.29, 1.82) is 0 Å². The lowest BCUT2D eigenvalue weighted by Gasteiger charge is -2.33. The number of amides is 1. The second kappa shape index (κ2) is 10.3. The Balaban J connectivity index is 1.68. The SMILES string of the molecule is Cc1cc2cc(C(=O)N(Cc3ccc(C(F)(F)F)cn3)[C@@H]3CCC[C@H]3OC(F)F)ccc2nc1NN. The molecule has 2 atom stereocenters. The van der Waals surface area contributed by atoms with E-state index in [2.05, 4.69) is 15.4 Å². The quantitative estimate of drug-likeness (QED) is 0.263. The molecule has 7 nitrogen and oxygen atoms in total. The van der Waals surface area contributed by atoms with E-state index in [0.29, 0.717) is 42.2 Å². The van der Waals surface area contributed by atoms with Crippen molar-refractivity contribution in [2.24, 2.45) is 5.84 Å². The van der Waals surface area contributed by atoms with Crippen LogP contribution in [0.5, 0.6) is 0 Å². The van der Waals surface area contributed by atoms with E-state index in [1.165, 1.54) is 11.0 Å². The van der Waals surface area contributed by atoms with Gasteiger partial charge >= 0.3 is 12.8 Å². The zero-order valence-electron chi connectivity index (χ0n) is 19.2.